The fraction of sp³-hybridized carbons (Fsp3) is 0.0870. The van der Waals surface area contributed by atoms with Crippen molar-refractivity contribution in [2.45, 2.75) is 17.6 Å². The lowest BCUT2D eigenvalue weighted by Crippen LogP contribution is -2.31. The zero-order valence-electron chi connectivity index (χ0n) is 17.8. The molecule has 5 rings (SSSR count). The van der Waals surface area contributed by atoms with Crippen molar-refractivity contribution in [3.63, 3.8) is 0 Å². The first-order chi connectivity index (χ1) is 16.9. The van der Waals surface area contributed by atoms with Gasteiger partial charge in [-0.15, -0.1) is 0 Å². The molecule has 0 radical (unpaired) electrons. The number of halogens is 5. The molecule has 0 bridgehead atoms. The van der Waals surface area contributed by atoms with Gasteiger partial charge in [-0.05, 0) is 36.4 Å². The molecule has 4 aromatic rings. The van der Waals surface area contributed by atoms with Gasteiger partial charge in [0.1, 0.15) is 10.7 Å². The summed E-state index contributed by atoms with van der Waals surface area (Å²) in [6, 6.07) is 12.0. The number of rotatable bonds is 4. The highest BCUT2D eigenvalue weighted by Crippen LogP contribution is 2.37. The van der Waals surface area contributed by atoms with E-state index in [-0.39, 0.29) is 38.0 Å². The number of carbonyl (C=O) groups excluding carboxylic acids is 2. The second kappa shape index (κ2) is 8.32. The summed E-state index contributed by atoms with van der Waals surface area (Å²) < 4.78 is 69.1. The summed E-state index contributed by atoms with van der Waals surface area (Å²) in [7, 11) is -4.96. The lowest BCUT2D eigenvalue weighted by atomic mass is 10.1. The molecule has 0 saturated heterocycles. The van der Waals surface area contributed by atoms with Crippen molar-refractivity contribution in [2.75, 3.05) is 0 Å². The summed E-state index contributed by atoms with van der Waals surface area (Å²) in [5.41, 5.74) is -1.35. The average Bonchev–Trinajstić information content (AvgIpc) is 3.29. The monoisotopic (exact) mass is 553 g/mol. The zero-order valence-corrected chi connectivity index (χ0v) is 20.1. The zero-order chi connectivity index (χ0) is 26.0. The van der Waals surface area contributed by atoms with Crippen molar-refractivity contribution in [3.8, 4) is 0 Å². The molecule has 1 aromatic heterocycles. The van der Waals surface area contributed by atoms with E-state index in [2.05, 4.69) is 4.98 Å². The molecule has 184 valence electrons. The van der Waals surface area contributed by atoms with E-state index in [1.807, 2.05) is 0 Å². The van der Waals surface area contributed by atoms with Crippen LogP contribution in [0.25, 0.3) is 11.0 Å². The Bertz CT molecular complexity index is 1670. The van der Waals surface area contributed by atoms with Crippen LogP contribution in [0.15, 0.2) is 65.6 Å². The number of alkyl halides is 3. The standard InChI is InChI=1S/C23H12Cl2F3N3O4S/c24-15-9-17-18(10-16(15)25)31(36(34,35)19-8-4-3-7-14(19)23(26,27)28)20(29-17)11-30-21(32)12-5-1-2-6-13(12)22(30)33/h1-10H,11H2. The van der Waals surface area contributed by atoms with Crippen molar-refractivity contribution >= 4 is 56.1 Å². The Kier molecular flexibility index (Phi) is 5.62. The maximum absolute atomic E-state index is 13.7. The number of hydrogen-bond acceptors (Lipinski definition) is 5. The van der Waals surface area contributed by atoms with E-state index in [0.717, 1.165) is 29.2 Å². The van der Waals surface area contributed by atoms with Crippen LogP contribution in [0.4, 0.5) is 13.2 Å². The molecule has 13 heteroatoms. The van der Waals surface area contributed by atoms with Gasteiger partial charge >= 0.3 is 6.18 Å². The van der Waals surface area contributed by atoms with Crippen LogP contribution >= 0.6 is 23.2 Å². The van der Waals surface area contributed by atoms with Crippen LogP contribution < -0.4 is 0 Å². The molecule has 0 fully saturated rings. The number of carbonyl (C=O) groups is 2. The third-order valence-electron chi connectivity index (χ3n) is 5.61. The maximum Gasteiger partial charge on any atom is 0.417 e. The SMILES string of the molecule is O=C1c2ccccc2C(=O)N1Cc1nc2cc(Cl)c(Cl)cc2n1S(=O)(=O)c1ccccc1C(F)(F)F. The van der Waals surface area contributed by atoms with Crippen molar-refractivity contribution in [2.24, 2.45) is 0 Å². The molecule has 3 aromatic carbocycles. The molecule has 1 aliphatic rings. The van der Waals surface area contributed by atoms with Gasteiger partial charge in [-0.2, -0.15) is 13.2 Å². The van der Waals surface area contributed by atoms with Crippen LogP contribution in [0.5, 0.6) is 0 Å². The first kappa shape index (κ1) is 24.3. The predicted molar refractivity (Wildman–Crippen MR) is 124 cm³/mol. The summed E-state index contributed by atoms with van der Waals surface area (Å²) in [4.78, 5) is 29.7. The second-order valence-corrected chi connectivity index (χ2v) is 10.4. The van der Waals surface area contributed by atoms with Crippen LogP contribution in [-0.2, 0) is 22.7 Å². The van der Waals surface area contributed by atoms with Gasteiger partial charge in [0.15, 0.2) is 0 Å². The molecule has 0 saturated carbocycles. The third-order valence-corrected chi connectivity index (χ3v) is 8.13. The van der Waals surface area contributed by atoms with Gasteiger partial charge in [-0.3, -0.25) is 14.5 Å². The quantitative estimate of drug-likeness (QED) is 0.316. The fourth-order valence-corrected chi connectivity index (χ4v) is 6.02. The Morgan fingerprint density at radius 3 is 2.03 bits per heavy atom. The number of benzene rings is 3. The maximum atomic E-state index is 13.7. The fourth-order valence-electron chi connectivity index (χ4n) is 4.02. The normalized spacial score (nSPS) is 14.1. The minimum atomic E-state index is -4.98. The smallest absolute Gasteiger partial charge is 0.269 e. The van der Waals surface area contributed by atoms with E-state index >= 15 is 0 Å². The molecule has 2 amide bonds. The molecule has 7 nitrogen and oxygen atoms in total. The van der Waals surface area contributed by atoms with Crippen molar-refractivity contribution in [1.29, 1.82) is 0 Å². The minimum absolute atomic E-state index is 0.0101. The number of nitrogens with zero attached hydrogens (tertiary/aromatic N) is 3. The molecule has 0 aliphatic carbocycles. The Morgan fingerprint density at radius 1 is 0.861 bits per heavy atom. The van der Waals surface area contributed by atoms with Gasteiger partial charge in [0.05, 0.1) is 44.3 Å². The lowest BCUT2D eigenvalue weighted by Gasteiger charge is -2.18. The first-order valence-electron chi connectivity index (χ1n) is 10.1. The van der Waals surface area contributed by atoms with Crippen LogP contribution in [0.1, 0.15) is 32.1 Å². The van der Waals surface area contributed by atoms with Gasteiger partial charge in [0.2, 0.25) is 0 Å². The van der Waals surface area contributed by atoms with E-state index in [1.54, 1.807) is 12.1 Å². The van der Waals surface area contributed by atoms with Gasteiger partial charge in [0, 0.05) is 0 Å². The van der Waals surface area contributed by atoms with E-state index in [9.17, 15) is 31.2 Å². The molecule has 0 unspecified atom stereocenters. The van der Waals surface area contributed by atoms with Crippen LogP contribution in [-0.4, -0.2) is 34.1 Å². The van der Waals surface area contributed by atoms with Crippen molar-refractivity contribution in [3.05, 3.63) is 93.2 Å². The van der Waals surface area contributed by atoms with E-state index in [0.29, 0.717) is 10.0 Å². The Morgan fingerprint density at radius 2 is 1.42 bits per heavy atom. The average molecular weight is 554 g/mol. The van der Waals surface area contributed by atoms with Gasteiger partial charge in [-0.1, -0.05) is 47.5 Å². The molecule has 0 spiro atoms. The van der Waals surface area contributed by atoms with E-state index in [1.165, 1.54) is 18.2 Å². The summed E-state index contributed by atoms with van der Waals surface area (Å²) in [6.45, 7) is -0.635. The van der Waals surface area contributed by atoms with Gasteiger partial charge < -0.3 is 0 Å². The summed E-state index contributed by atoms with van der Waals surface area (Å²) in [5.74, 6) is -1.77. The highest BCUT2D eigenvalue weighted by Gasteiger charge is 2.40. The van der Waals surface area contributed by atoms with Gasteiger partial charge in [-0.25, -0.2) is 17.4 Å². The van der Waals surface area contributed by atoms with Gasteiger partial charge in [0.25, 0.3) is 21.8 Å². The van der Waals surface area contributed by atoms with E-state index in [4.69, 9.17) is 23.2 Å². The molecule has 0 N–H and O–H groups in total. The van der Waals surface area contributed by atoms with Crippen molar-refractivity contribution < 1.29 is 31.2 Å². The summed E-state index contributed by atoms with van der Waals surface area (Å²) in [5, 5.41) is -0.0499. The minimum Gasteiger partial charge on any atom is -0.269 e. The molecule has 36 heavy (non-hydrogen) atoms. The second-order valence-electron chi connectivity index (χ2n) is 7.79. The summed E-state index contributed by atoms with van der Waals surface area (Å²) >= 11 is 12.1. The van der Waals surface area contributed by atoms with Crippen LogP contribution in [0.3, 0.4) is 0 Å². The largest absolute Gasteiger partial charge is 0.417 e. The Balaban J connectivity index is 1.73. The molecular weight excluding hydrogens is 542 g/mol. The number of aromatic nitrogens is 2. The molecular formula is C23H12Cl2F3N3O4S. The number of imide groups is 1. The highest BCUT2D eigenvalue weighted by molar-refractivity contribution is 7.90. The van der Waals surface area contributed by atoms with Crippen molar-refractivity contribution in [1.82, 2.24) is 13.9 Å². The first-order valence-corrected chi connectivity index (χ1v) is 12.3. The third kappa shape index (κ3) is 3.74. The van der Waals surface area contributed by atoms with E-state index < -0.39 is 45.0 Å². The number of fused-ring (bicyclic) bond motifs is 2. The Hall–Kier alpha value is -3.41. The summed E-state index contributed by atoms with van der Waals surface area (Å²) in [6.07, 6.45) is -4.98. The van der Waals surface area contributed by atoms with Crippen LogP contribution in [0, 0.1) is 0 Å². The topological polar surface area (TPSA) is 89.3 Å². The highest BCUT2D eigenvalue weighted by atomic mass is 35.5. The molecule has 0 atom stereocenters. The molecule has 2 heterocycles. The number of imidazole rings is 1. The van der Waals surface area contributed by atoms with Crippen LogP contribution in [0.2, 0.25) is 10.0 Å². The molecule has 1 aliphatic heterocycles. The predicted octanol–water partition coefficient (Wildman–Crippen LogP) is 5.40. The number of amides is 2. The lowest BCUT2D eigenvalue weighted by molar-refractivity contribution is -0.139. The Labute approximate surface area is 211 Å². The number of hydrogen-bond donors (Lipinski definition) is 0.